The fourth-order valence-electron chi connectivity index (χ4n) is 3.66. The van der Waals surface area contributed by atoms with E-state index in [-0.39, 0.29) is 11.8 Å². The molecule has 0 aliphatic carbocycles. The maximum absolute atomic E-state index is 12.5. The van der Waals surface area contributed by atoms with Crippen molar-refractivity contribution in [2.75, 3.05) is 13.1 Å². The standard InChI is InChI=1S/C21H26N2O3/c1-2-17-15-23(21(25)19-9-6-12-26-19)11-10-18(17)13-20(24)22-14-16-7-4-3-5-8-16/h3-9,12,17-18H,2,10-11,13-15H2,1H3,(H,22,24). The quantitative estimate of drug-likeness (QED) is 0.864. The Bertz CT molecular complexity index is 712. The van der Waals surface area contributed by atoms with E-state index in [2.05, 4.69) is 12.2 Å². The first-order valence-electron chi connectivity index (χ1n) is 9.30. The van der Waals surface area contributed by atoms with Crippen LogP contribution < -0.4 is 5.32 Å². The second-order valence-corrected chi connectivity index (χ2v) is 6.91. The molecule has 1 saturated heterocycles. The summed E-state index contributed by atoms with van der Waals surface area (Å²) in [6.07, 6.45) is 3.85. The molecule has 2 heterocycles. The van der Waals surface area contributed by atoms with E-state index in [1.807, 2.05) is 35.2 Å². The number of rotatable bonds is 6. The zero-order valence-electron chi connectivity index (χ0n) is 15.2. The number of amides is 2. The summed E-state index contributed by atoms with van der Waals surface area (Å²) in [5.41, 5.74) is 1.10. The number of benzene rings is 1. The number of likely N-dealkylation sites (tertiary alicyclic amines) is 1. The molecule has 5 nitrogen and oxygen atoms in total. The van der Waals surface area contributed by atoms with Crippen molar-refractivity contribution in [3.05, 3.63) is 60.1 Å². The van der Waals surface area contributed by atoms with Gasteiger partial charge in [-0.25, -0.2) is 0 Å². The van der Waals surface area contributed by atoms with E-state index in [9.17, 15) is 9.59 Å². The highest BCUT2D eigenvalue weighted by Crippen LogP contribution is 2.29. The lowest BCUT2D eigenvalue weighted by Gasteiger charge is -2.37. The minimum Gasteiger partial charge on any atom is -0.459 e. The van der Waals surface area contributed by atoms with Crippen LogP contribution >= 0.6 is 0 Å². The zero-order chi connectivity index (χ0) is 18.4. The summed E-state index contributed by atoms with van der Waals surface area (Å²) in [6.45, 7) is 4.05. The molecule has 138 valence electrons. The number of hydrogen-bond acceptors (Lipinski definition) is 3. The molecule has 1 aliphatic heterocycles. The zero-order valence-corrected chi connectivity index (χ0v) is 15.2. The third-order valence-corrected chi connectivity index (χ3v) is 5.22. The van der Waals surface area contributed by atoms with Crippen LogP contribution in [0.25, 0.3) is 0 Å². The Morgan fingerprint density at radius 3 is 2.65 bits per heavy atom. The van der Waals surface area contributed by atoms with Crippen molar-refractivity contribution in [3.8, 4) is 0 Å². The second kappa shape index (κ2) is 8.70. The number of carbonyl (C=O) groups is 2. The van der Waals surface area contributed by atoms with Crippen molar-refractivity contribution in [1.82, 2.24) is 10.2 Å². The minimum absolute atomic E-state index is 0.0552. The normalized spacial score (nSPS) is 20.0. The van der Waals surface area contributed by atoms with Crippen LogP contribution in [0.3, 0.4) is 0 Å². The lowest BCUT2D eigenvalue weighted by molar-refractivity contribution is -0.123. The van der Waals surface area contributed by atoms with Gasteiger partial charge in [-0.2, -0.15) is 0 Å². The van der Waals surface area contributed by atoms with E-state index in [0.29, 0.717) is 43.7 Å². The van der Waals surface area contributed by atoms with Gasteiger partial charge in [0.05, 0.1) is 6.26 Å². The Kier molecular flexibility index (Phi) is 6.10. The molecule has 1 aliphatic rings. The fourth-order valence-corrected chi connectivity index (χ4v) is 3.66. The van der Waals surface area contributed by atoms with Gasteiger partial charge in [0.15, 0.2) is 5.76 Å². The fraction of sp³-hybridized carbons (Fsp3) is 0.429. The monoisotopic (exact) mass is 354 g/mol. The van der Waals surface area contributed by atoms with Gasteiger partial charge in [0, 0.05) is 26.1 Å². The number of nitrogens with zero attached hydrogens (tertiary/aromatic N) is 1. The lowest BCUT2D eigenvalue weighted by Crippen LogP contribution is -2.44. The van der Waals surface area contributed by atoms with Gasteiger partial charge in [-0.05, 0) is 36.0 Å². The molecule has 5 heteroatoms. The Morgan fingerprint density at radius 1 is 1.15 bits per heavy atom. The Labute approximate surface area is 154 Å². The van der Waals surface area contributed by atoms with E-state index in [1.54, 1.807) is 12.1 Å². The first-order valence-corrected chi connectivity index (χ1v) is 9.30. The van der Waals surface area contributed by atoms with Crippen LogP contribution in [0.2, 0.25) is 0 Å². The van der Waals surface area contributed by atoms with Crippen molar-refractivity contribution >= 4 is 11.8 Å². The lowest BCUT2D eigenvalue weighted by atomic mass is 9.81. The van der Waals surface area contributed by atoms with Gasteiger partial charge < -0.3 is 14.6 Å². The van der Waals surface area contributed by atoms with Crippen LogP contribution in [-0.2, 0) is 11.3 Å². The van der Waals surface area contributed by atoms with Gasteiger partial charge in [0.2, 0.25) is 5.91 Å². The Balaban J connectivity index is 1.51. The molecule has 0 radical (unpaired) electrons. The molecule has 1 aromatic carbocycles. The molecule has 2 aromatic rings. The van der Waals surface area contributed by atoms with E-state index >= 15 is 0 Å². The second-order valence-electron chi connectivity index (χ2n) is 6.91. The number of furan rings is 1. The highest BCUT2D eigenvalue weighted by molar-refractivity contribution is 5.91. The van der Waals surface area contributed by atoms with E-state index < -0.39 is 0 Å². The molecule has 0 spiro atoms. The van der Waals surface area contributed by atoms with Gasteiger partial charge in [-0.15, -0.1) is 0 Å². The SMILES string of the molecule is CCC1CN(C(=O)c2ccco2)CCC1CC(=O)NCc1ccccc1. The Hall–Kier alpha value is -2.56. The third-order valence-electron chi connectivity index (χ3n) is 5.22. The van der Waals surface area contributed by atoms with E-state index in [0.717, 1.165) is 18.4 Å². The molecule has 2 atom stereocenters. The van der Waals surface area contributed by atoms with Crippen molar-refractivity contribution in [3.63, 3.8) is 0 Å². The summed E-state index contributed by atoms with van der Waals surface area (Å²) in [4.78, 5) is 26.7. The molecular formula is C21H26N2O3. The summed E-state index contributed by atoms with van der Waals surface area (Å²) < 4.78 is 5.23. The summed E-state index contributed by atoms with van der Waals surface area (Å²) in [7, 11) is 0. The third kappa shape index (κ3) is 4.54. The predicted molar refractivity (Wildman–Crippen MR) is 99.4 cm³/mol. The highest BCUT2D eigenvalue weighted by atomic mass is 16.3. The maximum Gasteiger partial charge on any atom is 0.289 e. The summed E-state index contributed by atoms with van der Waals surface area (Å²) >= 11 is 0. The van der Waals surface area contributed by atoms with Gasteiger partial charge in [0.1, 0.15) is 0 Å². The topological polar surface area (TPSA) is 62.6 Å². The van der Waals surface area contributed by atoms with E-state index in [1.165, 1.54) is 6.26 Å². The number of hydrogen-bond donors (Lipinski definition) is 1. The van der Waals surface area contributed by atoms with Crippen LogP contribution in [-0.4, -0.2) is 29.8 Å². The van der Waals surface area contributed by atoms with Crippen LogP contribution in [0.1, 0.15) is 42.3 Å². The van der Waals surface area contributed by atoms with Gasteiger partial charge in [-0.1, -0.05) is 43.7 Å². The average molecular weight is 354 g/mol. The number of carbonyl (C=O) groups excluding carboxylic acids is 2. The number of piperidine rings is 1. The van der Waals surface area contributed by atoms with E-state index in [4.69, 9.17) is 4.42 Å². The first-order chi connectivity index (χ1) is 12.7. The molecule has 3 rings (SSSR count). The molecule has 0 bridgehead atoms. The van der Waals surface area contributed by atoms with Crippen LogP contribution in [0, 0.1) is 11.8 Å². The highest BCUT2D eigenvalue weighted by Gasteiger charge is 2.32. The summed E-state index contributed by atoms with van der Waals surface area (Å²) in [5, 5.41) is 3.01. The predicted octanol–water partition coefficient (Wildman–Crippen LogP) is 3.47. The van der Waals surface area contributed by atoms with Crippen LogP contribution in [0.4, 0.5) is 0 Å². The van der Waals surface area contributed by atoms with Gasteiger partial charge in [0.25, 0.3) is 5.91 Å². The molecular weight excluding hydrogens is 328 g/mol. The van der Waals surface area contributed by atoms with Gasteiger partial charge >= 0.3 is 0 Å². The molecule has 1 N–H and O–H groups in total. The van der Waals surface area contributed by atoms with Crippen molar-refractivity contribution < 1.29 is 14.0 Å². The molecule has 2 amide bonds. The smallest absolute Gasteiger partial charge is 0.289 e. The van der Waals surface area contributed by atoms with Crippen molar-refractivity contribution in [2.24, 2.45) is 11.8 Å². The maximum atomic E-state index is 12.5. The number of nitrogens with one attached hydrogen (secondary N) is 1. The van der Waals surface area contributed by atoms with Crippen molar-refractivity contribution in [2.45, 2.75) is 32.7 Å². The molecule has 2 unspecified atom stereocenters. The average Bonchev–Trinajstić information content (AvgIpc) is 3.22. The first kappa shape index (κ1) is 18.2. The molecule has 26 heavy (non-hydrogen) atoms. The summed E-state index contributed by atoms with van der Waals surface area (Å²) in [6, 6.07) is 13.4. The van der Waals surface area contributed by atoms with Crippen LogP contribution in [0.15, 0.2) is 53.1 Å². The van der Waals surface area contributed by atoms with Gasteiger partial charge in [-0.3, -0.25) is 9.59 Å². The molecule has 0 saturated carbocycles. The Morgan fingerprint density at radius 2 is 1.96 bits per heavy atom. The van der Waals surface area contributed by atoms with Crippen LogP contribution in [0.5, 0.6) is 0 Å². The minimum atomic E-state index is -0.0552. The molecule has 1 fully saturated rings. The molecule has 1 aromatic heterocycles. The summed E-state index contributed by atoms with van der Waals surface area (Å²) in [5.74, 6) is 1.07. The largest absolute Gasteiger partial charge is 0.459 e. The van der Waals surface area contributed by atoms with Crippen molar-refractivity contribution in [1.29, 1.82) is 0 Å².